The maximum absolute atomic E-state index is 13.4. The van der Waals surface area contributed by atoms with E-state index in [1.165, 1.54) is 18.2 Å². The first kappa shape index (κ1) is 25.4. The smallest absolute Gasteiger partial charge is 0.416 e. The second-order valence-electron chi connectivity index (χ2n) is 8.27. The summed E-state index contributed by atoms with van der Waals surface area (Å²) in [6, 6.07) is 7.97. The van der Waals surface area contributed by atoms with E-state index in [9.17, 15) is 26.4 Å². The van der Waals surface area contributed by atoms with Crippen molar-refractivity contribution in [2.24, 2.45) is 0 Å². The first-order valence-electron chi connectivity index (χ1n) is 9.77. The van der Waals surface area contributed by atoms with Crippen LogP contribution >= 0.6 is 22.6 Å². The van der Waals surface area contributed by atoms with Crippen LogP contribution in [-0.2, 0) is 20.9 Å². The van der Waals surface area contributed by atoms with E-state index < -0.39 is 44.5 Å². The lowest BCUT2D eigenvalue weighted by Gasteiger charge is -2.35. The number of fused-ring (bicyclic) bond motifs is 1. The SMILES string of the molecule is CC(C)(C)OC(=O)Nc1ccc2c(c1)N(S(=O)(=O)c1cccc(C(F)(F)F)c1)C[C@H](CI)O2. The van der Waals surface area contributed by atoms with Gasteiger partial charge in [-0.2, -0.15) is 13.2 Å². The minimum Gasteiger partial charge on any atom is -0.486 e. The van der Waals surface area contributed by atoms with Crippen molar-refractivity contribution in [2.45, 2.75) is 43.5 Å². The molecule has 0 aromatic heterocycles. The van der Waals surface area contributed by atoms with Crippen molar-refractivity contribution >= 4 is 50.1 Å². The lowest BCUT2D eigenvalue weighted by molar-refractivity contribution is -0.137. The number of carbonyl (C=O) groups is 1. The highest BCUT2D eigenvalue weighted by Crippen LogP contribution is 2.40. The number of sulfonamides is 1. The van der Waals surface area contributed by atoms with Gasteiger partial charge in [-0.05, 0) is 57.2 Å². The number of halogens is 4. The Morgan fingerprint density at radius 3 is 2.52 bits per heavy atom. The van der Waals surface area contributed by atoms with E-state index in [0.717, 1.165) is 22.5 Å². The van der Waals surface area contributed by atoms with Gasteiger partial charge in [0.25, 0.3) is 10.0 Å². The molecule has 3 rings (SSSR count). The number of nitrogens with zero attached hydrogens (tertiary/aromatic N) is 1. The Kier molecular flexibility index (Phi) is 7.08. The predicted molar refractivity (Wildman–Crippen MR) is 126 cm³/mol. The van der Waals surface area contributed by atoms with Crippen molar-refractivity contribution in [2.75, 3.05) is 20.6 Å². The third-order valence-corrected chi connectivity index (χ3v) is 7.22. The van der Waals surface area contributed by atoms with Crippen molar-refractivity contribution in [1.82, 2.24) is 0 Å². The average molecular weight is 598 g/mol. The molecule has 1 aliphatic rings. The molecule has 0 radical (unpaired) electrons. The van der Waals surface area contributed by atoms with Crippen molar-refractivity contribution in [3.05, 3.63) is 48.0 Å². The lowest BCUT2D eigenvalue weighted by atomic mass is 10.2. The standard InChI is InChI=1S/C21H22F3IN2O5S/c1-20(2,3)32-19(28)26-14-7-8-18-17(10-14)27(12-15(11-25)31-18)33(29,30)16-6-4-5-13(9-16)21(22,23)24/h4-10,15H,11-12H2,1-3H3,(H,26,28)/t15-/m0/s1. The van der Waals surface area contributed by atoms with Crippen molar-refractivity contribution < 1.29 is 35.9 Å². The van der Waals surface area contributed by atoms with E-state index in [2.05, 4.69) is 5.32 Å². The van der Waals surface area contributed by atoms with Crippen LogP contribution in [0.5, 0.6) is 5.75 Å². The quantitative estimate of drug-likeness (QED) is 0.374. The van der Waals surface area contributed by atoms with Gasteiger partial charge in [-0.15, -0.1) is 0 Å². The number of hydrogen-bond acceptors (Lipinski definition) is 5. The van der Waals surface area contributed by atoms with Gasteiger partial charge in [0.1, 0.15) is 17.5 Å². The molecule has 1 heterocycles. The van der Waals surface area contributed by atoms with Crippen LogP contribution in [0.2, 0.25) is 0 Å². The van der Waals surface area contributed by atoms with E-state index in [4.69, 9.17) is 9.47 Å². The number of alkyl halides is 4. The fraction of sp³-hybridized carbons (Fsp3) is 0.381. The molecule has 0 unspecified atom stereocenters. The third-order valence-electron chi connectivity index (χ3n) is 4.46. The van der Waals surface area contributed by atoms with Crippen LogP contribution in [0.25, 0.3) is 0 Å². The molecule has 1 aliphatic heterocycles. The van der Waals surface area contributed by atoms with Crippen LogP contribution in [0.15, 0.2) is 47.4 Å². The van der Waals surface area contributed by atoms with E-state index >= 15 is 0 Å². The molecular formula is C21H22F3IN2O5S. The van der Waals surface area contributed by atoms with Crippen LogP contribution in [0, 0.1) is 0 Å². The molecule has 0 aliphatic carbocycles. The van der Waals surface area contributed by atoms with Gasteiger partial charge in [-0.1, -0.05) is 28.7 Å². The van der Waals surface area contributed by atoms with Gasteiger partial charge in [0.15, 0.2) is 0 Å². The van der Waals surface area contributed by atoms with Crippen molar-refractivity contribution in [3.8, 4) is 5.75 Å². The van der Waals surface area contributed by atoms with Crippen molar-refractivity contribution in [3.63, 3.8) is 0 Å². The monoisotopic (exact) mass is 598 g/mol. The molecule has 0 spiro atoms. The minimum absolute atomic E-state index is 0.0991. The fourth-order valence-electron chi connectivity index (χ4n) is 3.08. The van der Waals surface area contributed by atoms with Gasteiger partial charge >= 0.3 is 12.3 Å². The van der Waals surface area contributed by atoms with E-state index in [-0.39, 0.29) is 23.7 Å². The summed E-state index contributed by atoms with van der Waals surface area (Å²) in [4.78, 5) is 11.6. The molecule has 2 aromatic rings. The number of carbonyl (C=O) groups excluding carboxylic acids is 1. The molecule has 180 valence electrons. The second kappa shape index (κ2) is 9.20. The van der Waals surface area contributed by atoms with Crippen LogP contribution in [0.3, 0.4) is 0 Å². The number of rotatable bonds is 4. The number of benzene rings is 2. The summed E-state index contributed by atoms with van der Waals surface area (Å²) in [5.74, 6) is 0.230. The largest absolute Gasteiger partial charge is 0.486 e. The van der Waals surface area contributed by atoms with E-state index in [1.807, 2.05) is 22.6 Å². The fourth-order valence-corrected chi connectivity index (χ4v) is 5.08. The third kappa shape index (κ3) is 6.02. The molecule has 0 fully saturated rings. The number of nitrogens with one attached hydrogen (secondary N) is 1. The summed E-state index contributed by atoms with van der Waals surface area (Å²) in [6.45, 7) is 4.98. The van der Waals surface area contributed by atoms with Crippen LogP contribution in [0.1, 0.15) is 26.3 Å². The van der Waals surface area contributed by atoms with Crippen molar-refractivity contribution in [1.29, 1.82) is 0 Å². The number of anilines is 2. The van der Waals surface area contributed by atoms with Gasteiger partial charge in [0.2, 0.25) is 0 Å². The maximum atomic E-state index is 13.4. The van der Waals surface area contributed by atoms with E-state index in [1.54, 1.807) is 20.8 Å². The van der Waals surface area contributed by atoms with Gasteiger partial charge in [-0.25, -0.2) is 13.2 Å². The molecule has 0 bridgehead atoms. The normalized spacial score (nSPS) is 16.6. The molecule has 0 saturated heterocycles. The number of hydrogen-bond donors (Lipinski definition) is 1. The Balaban J connectivity index is 2.02. The Labute approximate surface area is 203 Å². The molecule has 7 nitrogen and oxygen atoms in total. The Morgan fingerprint density at radius 2 is 1.91 bits per heavy atom. The lowest BCUT2D eigenvalue weighted by Crippen LogP contribution is -2.44. The molecule has 1 atom stereocenters. The first-order valence-corrected chi connectivity index (χ1v) is 12.7. The Bertz CT molecular complexity index is 1150. The molecule has 33 heavy (non-hydrogen) atoms. The summed E-state index contributed by atoms with van der Waals surface area (Å²) in [5.41, 5.74) is -1.47. The zero-order valence-corrected chi connectivity index (χ0v) is 20.9. The summed E-state index contributed by atoms with van der Waals surface area (Å²) in [6.07, 6.45) is -5.94. The van der Waals surface area contributed by atoms with Gasteiger partial charge < -0.3 is 9.47 Å². The molecule has 0 saturated carbocycles. The van der Waals surface area contributed by atoms with Crippen LogP contribution in [0.4, 0.5) is 29.3 Å². The van der Waals surface area contributed by atoms with Crippen LogP contribution in [-0.4, -0.2) is 37.2 Å². The van der Waals surface area contributed by atoms with Crippen LogP contribution < -0.4 is 14.4 Å². The molecule has 1 amide bonds. The van der Waals surface area contributed by atoms with Gasteiger partial charge in [0, 0.05) is 10.1 Å². The minimum atomic E-state index is -4.69. The molecule has 12 heteroatoms. The average Bonchev–Trinajstić information content (AvgIpc) is 2.71. The topological polar surface area (TPSA) is 84.9 Å². The Morgan fingerprint density at radius 1 is 1.21 bits per heavy atom. The second-order valence-corrected chi connectivity index (χ2v) is 11.0. The van der Waals surface area contributed by atoms with Gasteiger partial charge in [0.05, 0.1) is 22.7 Å². The highest BCUT2D eigenvalue weighted by molar-refractivity contribution is 14.1. The molecular weight excluding hydrogens is 576 g/mol. The summed E-state index contributed by atoms with van der Waals surface area (Å²) < 4.78 is 78.8. The predicted octanol–water partition coefficient (Wildman–Crippen LogP) is 5.44. The zero-order chi connectivity index (χ0) is 24.6. The summed E-state index contributed by atoms with van der Waals surface area (Å²) in [5, 5.41) is 2.53. The number of amides is 1. The van der Waals surface area contributed by atoms with Gasteiger partial charge in [-0.3, -0.25) is 9.62 Å². The zero-order valence-electron chi connectivity index (χ0n) is 17.9. The summed E-state index contributed by atoms with van der Waals surface area (Å²) in [7, 11) is -4.37. The highest BCUT2D eigenvalue weighted by Gasteiger charge is 2.37. The molecule has 1 N–H and O–H groups in total. The highest BCUT2D eigenvalue weighted by atomic mass is 127. The first-order chi connectivity index (χ1) is 15.2. The maximum Gasteiger partial charge on any atom is 0.416 e. The number of ether oxygens (including phenoxy) is 2. The summed E-state index contributed by atoms with van der Waals surface area (Å²) >= 11 is 2.04. The van der Waals surface area contributed by atoms with E-state index in [0.29, 0.717) is 10.5 Å². The molecule has 2 aromatic carbocycles. The Hall–Kier alpha value is -2.22.